The van der Waals surface area contributed by atoms with Crippen LogP contribution in [0.2, 0.25) is 0 Å². The van der Waals surface area contributed by atoms with Crippen LogP contribution in [0.15, 0.2) is 65.5 Å². The van der Waals surface area contributed by atoms with Gasteiger partial charge in [0.2, 0.25) is 0 Å². The minimum Gasteiger partial charge on any atom is -0.488 e. The van der Waals surface area contributed by atoms with Gasteiger partial charge in [-0.2, -0.15) is 0 Å². The second kappa shape index (κ2) is 9.78. The summed E-state index contributed by atoms with van der Waals surface area (Å²) in [4.78, 5) is 34.1. The summed E-state index contributed by atoms with van der Waals surface area (Å²) in [7, 11) is 0. The van der Waals surface area contributed by atoms with Crippen molar-refractivity contribution in [3.63, 3.8) is 0 Å². The molecule has 0 saturated heterocycles. The first-order chi connectivity index (χ1) is 18.1. The molecule has 0 radical (unpaired) electrons. The van der Waals surface area contributed by atoms with Crippen LogP contribution in [0.1, 0.15) is 41.7 Å². The number of hydrogen-bond acceptors (Lipinski definition) is 6. The maximum atomic E-state index is 13.4. The summed E-state index contributed by atoms with van der Waals surface area (Å²) < 4.78 is 6.22. The van der Waals surface area contributed by atoms with E-state index in [-0.39, 0.29) is 17.9 Å². The zero-order valence-electron chi connectivity index (χ0n) is 20.2. The van der Waals surface area contributed by atoms with Crippen LogP contribution < -0.4 is 10.3 Å². The lowest BCUT2D eigenvalue weighted by Crippen LogP contribution is -2.11. The topological polar surface area (TPSA) is 98.1 Å². The van der Waals surface area contributed by atoms with Crippen LogP contribution in [0.4, 0.5) is 5.69 Å². The molecule has 5 aromatic rings. The number of nitro benzene ring substituents is 1. The third-order valence-corrected chi connectivity index (χ3v) is 8.18. The first kappa shape index (κ1) is 23.4. The molecular weight excluding hydrogens is 486 g/mol. The Morgan fingerprint density at radius 2 is 1.76 bits per heavy atom. The van der Waals surface area contributed by atoms with Gasteiger partial charge in [0.15, 0.2) is 0 Å². The number of non-ortho nitro benzene ring substituents is 1. The van der Waals surface area contributed by atoms with Gasteiger partial charge in [-0.05, 0) is 65.8 Å². The Balaban J connectivity index is 1.44. The quantitative estimate of drug-likeness (QED) is 0.203. The SMILES string of the molecule is O=c1[nH]c(-c2c(OCc3ccc([N+](=O)[O-])cc3)ccc3ccccc23)nc2sc3c(c12)CCCCCC3. The van der Waals surface area contributed by atoms with Crippen molar-refractivity contribution in [2.24, 2.45) is 0 Å². The van der Waals surface area contributed by atoms with E-state index in [1.807, 2.05) is 36.4 Å². The van der Waals surface area contributed by atoms with Crippen LogP contribution >= 0.6 is 11.3 Å². The number of ether oxygens (including phenoxy) is 1. The van der Waals surface area contributed by atoms with Crippen LogP contribution in [-0.2, 0) is 19.4 Å². The van der Waals surface area contributed by atoms with Crippen molar-refractivity contribution in [2.45, 2.75) is 45.1 Å². The maximum absolute atomic E-state index is 13.4. The van der Waals surface area contributed by atoms with Gasteiger partial charge in [0, 0.05) is 17.0 Å². The highest BCUT2D eigenvalue weighted by atomic mass is 32.1. The van der Waals surface area contributed by atoms with Crippen LogP contribution in [0.3, 0.4) is 0 Å². The molecule has 1 aliphatic rings. The molecule has 37 heavy (non-hydrogen) atoms. The Morgan fingerprint density at radius 1 is 0.973 bits per heavy atom. The smallest absolute Gasteiger partial charge is 0.269 e. The minimum atomic E-state index is -0.420. The highest BCUT2D eigenvalue weighted by molar-refractivity contribution is 7.18. The highest BCUT2D eigenvalue weighted by Gasteiger charge is 2.21. The molecule has 6 rings (SSSR count). The summed E-state index contributed by atoms with van der Waals surface area (Å²) in [5.74, 6) is 1.08. The molecule has 2 heterocycles. The van der Waals surface area contributed by atoms with E-state index in [1.54, 1.807) is 23.5 Å². The Hall–Kier alpha value is -4.04. The van der Waals surface area contributed by atoms with Crippen molar-refractivity contribution in [1.29, 1.82) is 0 Å². The number of H-pyrrole nitrogens is 1. The zero-order chi connectivity index (χ0) is 25.4. The molecule has 0 amide bonds. The summed E-state index contributed by atoms with van der Waals surface area (Å²) >= 11 is 1.64. The van der Waals surface area contributed by atoms with E-state index in [4.69, 9.17) is 9.72 Å². The fourth-order valence-corrected chi connectivity index (χ4v) is 6.39. The van der Waals surface area contributed by atoms with Gasteiger partial charge < -0.3 is 9.72 Å². The van der Waals surface area contributed by atoms with E-state index in [0.29, 0.717) is 11.6 Å². The van der Waals surface area contributed by atoms with Crippen molar-refractivity contribution in [3.8, 4) is 17.1 Å². The molecule has 0 fully saturated rings. The Labute approximate surface area is 216 Å². The number of fused-ring (bicyclic) bond motifs is 4. The molecule has 3 aromatic carbocycles. The molecule has 2 aromatic heterocycles. The van der Waals surface area contributed by atoms with Gasteiger partial charge in [-0.15, -0.1) is 11.3 Å². The lowest BCUT2D eigenvalue weighted by Gasteiger charge is -2.14. The van der Waals surface area contributed by atoms with E-state index in [0.717, 1.165) is 57.8 Å². The number of aryl methyl sites for hydroxylation is 2. The third kappa shape index (κ3) is 4.49. The van der Waals surface area contributed by atoms with Crippen LogP contribution in [0.25, 0.3) is 32.4 Å². The molecule has 1 aliphatic carbocycles. The minimum absolute atomic E-state index is 0.0373. The fourth-order valence-electron chi connectivity index (χ4n) is 5.13. The normalized spacial score (nSPS) is 13.7. The van der Waals surface area contributed by atoms with Crippen molar-refractivity contribution in [1.82, 2.24) is 9.97 Å². The van der Waals surface area contributed by atoms with Gasteiger partial charge in [0.1, 0.15) is 23.0 Å². The van der Waals surface area contributed by atoms with E-state index < -0.39 is 4.92 Å². The number of nitrogens with zero attached hydrogens (tertiary/aromatic N) is 2. The number of hydrogen-bond donors (Lipinski definition) is 1. The maximum Gasteiger partial charge on any atom is 0.269 e. The third-order valence-electron chi connectivity index (χ3n) is 6.99. The van der Waals surface area contributed by atoms with Crippen molar-refractivity contribution < 1.29 is 9.66 Å². The number of benzene rings is 3. The standard InChI is InChI=1S/C29H25N3O4S/c33-28-26-22-9-3-1-2-4-10-24(22)37-29(26)31-27(30-28)25-21-8-6-5-7-19(21)13-16-23(25)36-17-18-11-14-20(15-12-18)32(34)35/h5-8,11-16H,1-4,9-10,17H2,(H,30,31,33). The van der Waals surface area contributed by atoms with Gasteiger partial charge in [0.05, 0.1) is 15.9 Å². The molecule has 1 N–H and O–H groups in total. The Morgan fingerprint density at radius 3 is 2.57 bits per heavy atom. The zero-order valence-corrected chi connectivity index (χ0v) is 21.0. The van der Waals surface area contributed by atoms with Gasteiger partial charge in [-0.3, -0.25) is 14.9 Å². The second-order valence-electron chi connectivity index (χ2n) is 9.38. The summed E-state index contributed by atoms with van der Waals surface area (Å²) in [6.45, 7) is 0.225. The van der Waals surface area contributed by atoms with E-state index in [9.17, 15) is 14.9 Å². The molecule has 0 unspecified atom stereocenters. The summed E-state index contributed by atoms with van der Waals surface area (Å²) in [6, 6.07) is 18.1. The van der Waals surface area contributed by atoms with Crippen molar-refractivity contribution in [3.05, 3.63) is 97.1 Å². The number of thiophene rings is 1. The largest absolute Gasteiger partial charge is 0.488 e. The molecule has 0 bridgehead atoms. The van der Waals surface area contributed by atoms with Crippen LogP contribution in [0.5, 0.6) is 5.75 Å². The van der Waals surface area contributed by atoms with Gasteiger partial charge in [0.25, 0.3) is 11.2 Å². The first-order valence-electron chi connectivity index (χ1n) is 12.5. The van der Waals surface area contributed by atoms with Crippen LogP contribution in [-0.4, -0.2) is 14.9 Å². The average Bonchev–Trinajstić information content (AvgIpc) is 3.23. The molecule has 8 heteroatoms. The molecule has 186 valence electrons. The van der Waals surface area contributed by atoms with Gasteiger partial charge in [-0.25, -0.2) is 4.98 Å². The lowest BCUT2D eigenvalue weighted by atomic mass is 9.98. The number of aromatic amines is 1. The molecule has 0 aliphatic heterocycles. The lowest BCUT2D eigenvalue weighted by molar-refractivity contribution is -0.384. The van der Waals surface area contributed by atoms with Crippen LogP contribution in [0, 0.1) is 10.1 Å². The summed E-state index contributed by atoms with van der Waals surface area (Å²) in [5.41, 5.74) is 2.65. The number of nitrogens with one attached hydrogen (secondary N) is 1. The van der Waals surface area contributed by atoms with E-state index >= 15 is 0 Å². The predicted molar refractivity (Wildman–Crippen MR) is 146 cm³/mol. The second-order valence-corrected chi connectivity index (χ2v) is 10.5. The van der Waals surface area contributed by atoms with Crippen molar-refractivity contribution >= 4 is 38.0 Å². The number of nitro groups is 1. The average molecular weight is 512 g/mol. The highest BCUT2D eigenvalue weighted by Crippen LogP contribution is 2.38. The van der Waals surface area contributed by atoms with Gasteiger partial charge in [-0.1, -0.05) is 43.2 Å². The fraction of sp³-hybridized carbons (Fsp3) is 0.241. The first-order valence-corrected chi connectivity index (χ1v) is 13.3. The summed E-state index contributed by atoms with van der Waals surface area (Å²) in [6.07, 6.45) is 6.61. The predicted octanol–water partition coefficient (Wildman–Crippen LogP) is 6.95. The monoisotopic (exact) mass is 511 g/mol. The number of aromatic nitrogens is 2. The van der Waals surface area contributed by atoms with E-state index in [1.165, 1.54) is 35.4 Å². The molecule has 0 spiro atoms. The Kier molecular flexibility index (Phi) is 6.18. The molecular formula is C29H25N3O4S. The number of rotatable bonds is 5. The molecule has 7 nitrogen and oxygen atoms in total. The van der Waals surface area contributed by atoms with E-state index in [2.05, 4.69) is 4.98 Å². The molecule has 0 atom stereocenters. The van der Waals surface area contributed by atoms with Gasteiger partial charge >= 0.3 is 0 Å². The summed E-state index contributed by atoms with van der Waals surface area (Å²) in [5, 5.41) is 13.7. The molecule has 0 saturated carbocycles. The van der Waals surface area contributed by atoms with Crippen molar-refractivity contribution in [2.75, 3.05) is 0 Å². The Bertz CT molecular complexity index is 1690.